The van der Waals surface area contributed by atoms with Gasteiger partial charge < -0.3 is 20.3 Å². The molecular weight excluding hydrogens is 529 g/mol. The predicted octanol–water partition coefficient (Wildman–Crippen LogP) is 3.92. The lowest BCUT2D eigenvalue weighted by molar-refractivity contribution is -0.136. The van der Waals surface area contributed by atoms with E-state index in [0.717, 1.165) is 24.1 Å². The molecule has 1 saturated heterocycles. The fourth-order valence-electron chi connectivity index (χ4n) is 5.00. The van der Waals surface area contributed by atoms with Crippen LogP contribution in [-0.2, 0) is 9.53 Å². The lowest BCUT2D eigenvalue weighted by atomic mass is 9.89. The Morgan fingerprint density at radius 3 is 2.33 bits per heavy atom. The van der Waals surface area contributed by atoms with Crippen molar-refractivity contribution in [2.45, 2.75) is 25.8 Å². The van der Waals surface area contributed by atoms with Gasteiger partial charge in [-0.25, -0.2) is 32.5 Å². The van der Waals surface area contributed by atoms with E-state index < -0.39 is 41.5 Å². The van der Waals surface area contributed by atoms with Gasteiger partial charge in [-0.15, -0.1) is 0 Å². The van der Waals surface area contributed by atoms with Crippen molar-refractivity contribution in [3.8, 4) is 0 Å². The average Bonchev–Trinajstić information content (AvgIpc) is 2.94. The van der Waals surface area contributed by atoms with Gasteiger partial charge in [0.25, 0.3) is 0 Å². The monoisotopic (exact) mass is 558 g/mol. The molecule has 1 atom stereocenters. The maximum Gasteiger partial charge on any atom is 0.337 e. The van der Waals surface area contributed by atoms with Gasteiger partial charge in [-0.1, -0.05) is 6.07 Å². The van der Waals surface area contributed by atoms with Gasteiger partial charge in [0.15, 0.2) is 17.4 Å². The van der Waals surface area contributed by atoms with Crippen molar-refractivity contribution in [1.82, 2.24) is 20.4 Å². The summed E-state index contributed by atoms with van der Waals surface area (Å²) in [4.78, 5) is 54.2. The van der Waals surface area contributed by atoms with E-state index in [4.69, 9.17) is 4.74 Å². The van der Waals surface area contributed by atoms with Crippen LogP contribution in [0.3, 0.4) is 0 Å². The van der Waals surface area contributed by atoms with Gasteiger partial charge in [0, 0.05) is 30.3 Å². The highest BCUT2D eigenvalue weighted by Gasteiger charge is 2.42. The lowest BCUT2D eigenvalue weighted by Gasteiger charge is -2.36. The summed E-state index contributed by atoms with van der Waals surface area (Å²) in [6.45, 7) is 3.21. The van der Waals surface area contributed by atoms with Crippen LogP contribution in [0.1, 0.15) is 41.7 Å². The number of ketones is 1. The summed E-state index contributed by atoms with van der Waals surface area (Å²) >= 11 is 0. The molecule has 0 bridgehead atoms. The van der Waals surface area contributed by atoms with Crippen LogP contribution in [0.5, 0.6) is 0 Å². The number of Topliss-reactive ketones (excluding diaryl/α,β-unsaturated/α-hetero) is 1. The standard InChI is InChI=1S/C28H29F3N4O5/c1-16-23(26(37)40-2)24(19-5-8-21(30)22(31)15-19)35(28(39)33-16)27(38)32-11-14-34-12-9-18(10-13-34)25(36)17-3-6-20(29)7-4-17/h3-8,15,18,24H,9-14H2,1-2H3,(H,32,38)(H,33,39). The molecule has 0 radical (unpaired) electrons. The molecule has 0 aliphatic carbocycles. The topological polar surface area (TPSA) is 108 Å². The number of hydrogen-bond donors (Lipinski definition) is 2. The minimum atomic E-state index is -1.36. The smallest absolute Gasteiger partial charge is 0.337 e. The number of hydrogen-bond acceptors (Lipinski definition) is 6. The largest absolute Gasteiger partial charge is 0.466 e. The molecule has 40 heavy (non-hydrogen) atoms. The van der Waals surface area contributed by atoms with Gasteiger partial charge in [0.1, 0.15) is 11.9 Å². The summed E-state index contributed by atoms with van der Waals surface area (Å²) in [6, 6.07) is 5.29. The number of allylic oxidation sites excluding steroid dienone is 1. The Kier molecular flexibility index (Phi) is 8.88. The van der Waals surface area contributed by atoms with E-state index in [0.29, 0.717) is 38.0 Å². The number of piperidine rings is 1. The molecule has 2 aliphatic rings. The van der Waals surface area contributed by atoms with Crippen molar-refractivity contribution in [2.24, 2.45) is 5.92 Å². The van der Waals surface area contributed by atoms with Crippen LogP contribution < -0.4 is 10.6 Å². The fourth-order valence-corrected chi connectivity index (χ4v) is 5.00. The number of urea groups is 2. The van der Waals surface area contributed by atoms with Crippen molar-refractivity contribution in [3.63, 3.8) is 0 Å². The van der Waals surface area contributed by atoms with Crippen LogP contribution in [0.15, 0.2) is 53.7 Å². The molecule has 4 amide bonds. The number of methoxy groups -OCH3 is 1. The highest BCUT2D eigenvalue weighted by molar-refractivity contribution is 6.01. The fraction of sp³-hybridized carbons (Fsp3) is 0.357. The summed E-state index contributed by atoms with van der Waals surface area (Å²) in [5.41, 5.74) is 0.500. The van der Waals surface area contributed by atoms with Gasteiger partial charge in [0.2, 0.25) is 0 Å². The maximum atomic E-state index is 14.1. The Balaban J connectivity index is 1.40. The number of amides is 4. The quantitative estimate of drug-likeness (QED) is 0.394. The lowest BCUT2D eigenvalue weighted by Crippen LogP contribution is -2.55. The normalized spacial score (nSPS) is 18.4. The van der Waals surface area contributed by atoms with Crippen molar-refractivity contribution in [3.05, 3.63) is 82.3 Å². The third-order valence-electron chi connectivity index (χ3n) is 7.12. The van der Waals surface area contributed by atoms with Gasteiger partial charge in [-0.05, 0) is 74.8 Å². The van der Waals surface area contributed by atoms with Crippen molar-refractivity contribution in [1.29, 1.82) is 0 Å². The first-order valence-corrected chi connectivity index (χ1v) is 12.7. The number of likely N-dealkylation sites (tertiary alicyclic amines) is 1. The molecular formula is C28H29F3N4O5. The third-order valence-corrected chi connectivity index (χ3v) is 7.12. The summed E-state index contributed by atoms with van der Waals surface area (Å²) < 4.78 is 45.7. The Hall–Kier alpha value is -4.19. The van der Waals surface area contributed by atoms with E-state index in [9.17, 15) is 32.3 Å². The van der Waals surface area contributed by atoms with E-state index in [1.807, 2.05) is 0 Å². The Labute approximate surface area is 229 Å². The van der Waals surface area contributed by atoms with E-state index in [1.54, 1.807) is 0 Å². The second-order valence-electron chi connectivity index (χ2n) is 9.63. The summed E-state index contributed by atoms with van der Waals surface area (Å²) in [6.07, 6.45) is 1.20. The maximum absolute atomic E-state index is 14.1. The number of halogens is 3. The SMILES string of the molecule is COC(=O)C1=C(C)NC(=O)N(C(=O)NCCN2CCC(C(=O)c3ccc(F)cc3)CC2)C1c1ccc(F)c(F)c1. The molecule has 2 aromatic carbocycles. The number of rotatable bonds is 7. The zero-order valence-corrected chi connectivity index (χ0v) is 22.0. The van der Waals surface area contributed by atoms with Gasteiger partial charge in [0.05, 0.1) is 12.7 Å². The van der Waals surface area contributed by atoms with Crippen molar-refractivity contribution < 1.29 is 37.1 Å². The third kappa shape index (κ3) is 6.17. The molecule has 1 fully saturated rings. The molecule has 12 heteroatoms. The molecule has 0 aromatic heterocycles. The Bertz CT molecular complexity index is 1340. The number of esters is 1. The minimum Gasteiger partial charge on any atom is -0.466 e. The van der Waals surface area contributed by atoms with Crippen molar-refractivity contribution >= 4 is 23.8 Å². The molecule has 0 saturated carbocycles. The summed E-state index contributed by atoms with van der Waals surface area (Å²) in [5, 5.41) is 5.10. The van der Waals surface area contributed by atoms with Crippen LogP contribution in [0, 0.1) is 23.4 Å². The molecule has 0 spiro atoms. The van der Waals surface area contributed by atoms with Gasteiger partial charge in [-0.2, -0.15) is 0 Å². The number of imide groups is 1. The Morgan fingerprint density at radius 1 is 1.02 bits per heavy atom. The average molecular weight is 559 g/mol. The number of carbonyl (C=O) groups excluding carboxylic acids is 4. The van der Waals surface area contributed by atoms with Crippen LogP contribution in [0.25, 0.3) is 0 Å². The number of nitrogens with one attached hydrogen (secondary N) is 2. The second kappa shape index (κ2) is 12.3. The molecule has 9 nitrogen and oxygen atoms in total. The number of ether oxygens (including phenoxy) is 1. The van der Waals surface area contributed by atoms with Crippen LogP contribution in [0.4, 0.5) is 22.8 Å². The van der Waals surface area contributed by atoms with Gasteiger partial charge in [-0.3, -0.25) is 4.79 Å². The number of benzene rings is 2. The molecule has 2 aromatic rings. The molecule has 1 unspecified atom stereocenters. The molecule has 2 aliphatic heterocycles. The van der Waals surface area contributed by atoms with E-state index in [2.05, 4.69) is 15.5 Å². The first kappa shape index (κ1) is 28.8. The summed E-state index contributed by atoms with van der Waals surface area (Å²) in [7, 11) is 1.13. The molecule has 2 heterocycles. The highest BCUT2D eigenvalue weighted by atomic mass is 19.2. The number of carbonyl (C=O) groups is 4. The first-order valence-electron chi connectivity index (χ1n) is 12.7. The Morgan fingerprint density at radius 2 is 1.70 bits per heavy atom. The van der Waals surface area contributed by atoms with Gasteiger partial charge >= 0.3 is 18.0 Å². The first-order chi connectivity index (χ1) is 19.1. The predicted molar refractivity (Wildman–Crippen MR) is 137 cm³/mol. The van der Waals surface area contributed by atoms with Crippen LogP contribution in [0.2, 0.25) is 0 Å². The molecule has 212 valence electrons. The highest BCUT2D eigenvalue weighted by Crippen LogP contribution is 2.35. The van der Waals surface area contributed by atoms with Crippen molar-refractivity contribution in [2.75, 3.05) is 33.3 Å². The van der Waals surface area contributed by atoms with Crippen LogP contribution >= 0.6 is 0 Å². The minimum absolute atomic E-state index is 0.0107. The zero-order valence-electron chi connectivity index (χ0n) is 22.0. The summed E-state index contributed by atoms with van der Waals surface area (Å²) in [5.74, 6) is -3.79. The van der Waals surface area contributed by atoms with Crippen LogP contribution in [-0.4, -0.2) is 66.9 Å². The van der Waals surface area contributed by atoms with E-state index in [1.165, 1.54) is 37.3 Å². The second-order valence-corrected chi connectivity index (χ2v) is 9.63. The zero-order chi connectivity index (χ0) is 29.0. The molecule has 4 rings (SSSR count). The molecule has 2 N–H and O–H groups in total. The van der Waals surface area contributed by atoms with E-state index in [-0.39, 0.29) is 35.1 Å². The number of nitrogens with zero attached hydrogens (tertiary/aromatic N) is 2. The van der Waals surface area contributed by atoms with E-state index >= 15 is 0 Å².